The van der Waals surface area contributed by atoms with Gasteiger partial charge in [0, 0.05) is 111 Å². The third-order valence-electron chi connectivity index (χ3n) is 16.9. The first-order valence-electron chi connectivity index (χ1n) is 30.1. The van der Waals surface area contributed by atoms with E-state index in [-0.39, 0.29) is 11.8 Å². The Labute approximate surface area is 525 Å². The molecular weight excluding hydrogens is 1130 g/mol. The first-order valence-corrected chi connectivity index (χ1v) is 32.6. The highest BCUT2D eigenvalue weighted by molar-refractivity contribution is 8.36. The van der Waals surface area contributed by atoms with Gasteiger partial charge in [0.1, 0.15) is 19.8 Å². The van der Waals surface area contributed by atoms with Crippen LogP contribution in [0.15, 0.2) is 198 Å². The third kappa shape index (κ3) is 14.0. The van der Waals surface area contributed by atoms with Crippen LogP contribution >= 0.6 is 10.0 Å². The van der Waals surface area contributed by atoms with Crippen LogP contribution in [0.2, 0.25) is 0 Å². The van der Waals surface area contributed by atoms with Crippen LogP contribution in [0, 0.1) is 0 Å². The van der Waals surface area contributed by atoms with Gasteiger partial charge < -0.3 is 35.6 Å². The molecule has 456 valence electrons. The molecule has 1 aromatic heterocycles. The van der Waals surface area contributed by atoms with Gasteiger partial charge in [0.25, 0.3) is 0 Å². The van der Waals surface area contributed by atoms with Gasteiger partial charge in [-0.2, -0.15) is 10.0 Å². The van der Waals surface area contributed by atoms with Crippen molar-refractivity contribution in [2.75, 3.05) is 71.8 Å². The number of benzene rings is 7. The zero-order valence-electron chi connectivity index (χ0n) is 52.3. The molecule has 0 fully saturated rings. The van der Waals surface area contributed by atoms with Gasteiger partial charge in [-0.15, -0.1) is 5.10 Å². The highest BCUT2D eigenvalue weighted by atomic mass is 32.3. The van der Waals surface area contributed by atoms with E-state index in [1.165, 1.54) is 37.9 Å². The monoisotopic (exact) mass is 1210 g/mol. The summed E-state index contributed by atoms with van der Waals surface area (Å²) in [5.41, 5.74) is 14.9. The van der Waals surface area contributed by atoms with Crippen LogP contribution in [-0.2, 0) is 35.8 Å². The summed E-state index contributed by atoms with van der Waals surface area (Å²) in [6.07, 6.45) is 14.9. The Morgan fingerprint density at radius 1 is 0.640 bits per heavy atom. The SMILES string of the molecule is C=C(C)C(=O)NCCCN(Cc1ccccc1B(O)O)Cc1c2ccccc2c(CN(CCCNC(=O)C(=C)C)Cc2ccccc2B(O)O)c2cc(-n3cc(-c4ccc(C5=C6C=CC(=[N+](C)C)C=C6S(C)(C)c6cc(N(C)C)ccc65)cc4)nn3)ccc12. The lowest BCUT2D eigenvalue weighted by atomic mass is 9.77. The van der Waals surface area contributed by atoms with E-state index < -0.39 is 24.3 Å². The minimum atomic E-state index is -1.68. The number of fused-ring (bicyclic) bond motifs is 4. The number of hydrogen-bond acceptors (Lipinski definition) is 11. The molecule has 6 N–H and O–H groups in total. The Morgan fingerprint density at radius 2 is 1.17 bits per heavy atom. The third-order valence-corrected chi connectivity index (χ3v) is 19.8. The predicted octanol–water partition coefficient (Wildman–Crippen LogP) is 8.24. The lowest BCUT2D eigenvalue weighted by Crippen LogP contribution is -2.36. The quantitative estimate of drug-likeness (QED) is 0.0113. The smallest absolute Gasteiger partial charge is 0.423 e. The highest BCUT2D eigenvalue weighted by Crippen LogP contribution is 2.66. The fraction of sp³-hybridized carbons (Fsp3) is 0.254. The number of rotatable bonds is 24. The summed E-state index contributed by atoms with van der Waals surface area (Å²) in [6, 6.07) is 45.0. The van der Waals surface area contributed by atoms with Crippen molar-refractivity contribution in [3.63, 3.8) is 0 Å². The minimum Gasteiger partial charge on any atom is -0.423 e. The summed E-state index contributed by atoms with van der Waals surface area (Å²) in [7, 11) is 3.64. The molecule has 0 radical (unpaired) electrons. The highest BCUT2D eigenvalue weighted by Gasteiger charge is 2.36. The standard InChI is InChI=1S/C71H79B2N9O6S/c1-47(2)70(83)74-35-17-37-80(42-51-19-11-15-23-64(51)72(85)86)44-62-56-21-13-14-22-57(56)63(45-81(38-18-36-75-71(84)48(3)4)43-52-20-12-16-24-65(52)73(87)88)61-39-55(31-32-58(61)62)82-46-66(76-77-82)49-25-27-50(28-26-49)69-59-33-29-53(78(5)6)40-67(59)89(9,10)68-41-54(79(7)8)30-34-60(68)69/h11-16,19-34,39-41,46,85-88H,1,3,17-18,35-38,42-45H2,2,4-10H3,(H-,74,75,83,84)/p+1. The minimum absolute atomic E-state index is 0.206. The molecule has 2 heterocycles. The van der Waals surface area contributed by atoms with E-state index in [0.29, 0.717) is 93.0 Å². The van der Waals surface area contributed by atoms with Gasteiger partial charge >= 0.3 is 14.2 Å². The zero-order valence-corrected chi connectivity index (χ0v) is 53.1. The Morgan fingerprint density at radius 3 is 1.71 bits per heavy atom. The normalized spacial score (nSPS) is 13.7. The fourth-order valence-electron chi connectivity index (χ4n) is 12.1. The van der Waals surface area contributed by atoms with Gasteiger partial charge in [0.05, 0.1) is 11.9 Å². The summed E-state index contributed by atoms with van der Waals surface area (Å²) < 4.78 is 3.99. The molecule has 15 nitrogen and oxygen atoms in total. The van der Waals surface area contributed by atoms with Gasteiger partial charge in [-0.1, -0.05) is 128 Å². The average Bonchev–Trinajstić information content (AvgIpc) is 0.986. The fourth-order valence-corrected chi connectivity index (χ4v) is 14.6. The van der Waals surface area contributed by atoms with Gasteiger partial charge in [0.15, 0.2) is 0 Å². The van der Waals surface area contributed by atoms with Crippen LogP contribution in [-0.4, -0.2) is 148 Å². The topological polar surface area (TPSA) is 183 Å². The molecule has 2 aliphatic rings. The van der Waals surface area contributed by atoms with Crippen molar-refractivity contribution in [1.29, 1.82) is 0 Å². The second-order valence-electron chi connectivity index (χ2n) is 24.1. The molecule has 10 rings (SSSR count). The molecule has 1 aliphatic carbocycles. The summed E-state index contributed by atoms with van der Waals surface area (Å²) in [6.45, 7) is 14.6. The second-order valence-corrected chi connectivity index (χ2v) is 27.6. The number of aromatic nitrogens is 3. The lowest BCUT2D eigenvalue weighted by Gasteiger charge is -2.43. The van der Waals surface area contributed by atoms with Crippen LogP contribution < -0.4 is 26.5 Å². The summed E-state index contributed by atoms with van der Waals surface area (Å²) in [5, 5.41) is 61.9. The van der Waals surface area contributed by atoms with E-state index in [1.807, 2.05) is 47.3 Å². The molecule has 2 amide bonds. The number of nitrogens with zero attached hydrogens (tertiary/aromatic N) is 7. The number of carbonyl (C=O) groups excluding carboxylic acids is 2. The molecule has 0 spiro atoms. The van der Waals surface area contributed by atoms with Gasteiger partial charge in [-0.05, 0) is 147 Å². The Balaban J connectivity index is 1.07. The van der Waals surface area contributed by atoms with Crippen molar-refractivity contribution < 1.29 is 34.3 Å². The van der Waals surface area contributed by atoms with E-state index in [1.54, 1.807) is 38.1 Å². The number of allylic oxidation sites excluding steroid dienone is 4. The van der Waals surface area contributed by atoms with Crippen molar-refractivity contribution >= 4 is 85.5 Å². The lowest BCUT2D eigenvalue weighted by molar-refractivity contribution is -0.462. The van der Waals surface area contributed by atoms with Crippen molar-refractivity contribution in [2.24, 2.45) is 0 Å². The zero-order chi connectivity index (χ0) is 63.3. The van der Waals surface area contributed by atoms with Crippen LogP contribution in [0.25, 0.3) is 44.1 Å². The number of amides is 2. The molecule has 8 aromatic rings. The number of hydrogen-bond donors (Lipinski definition) is 6. The van der Waals surface area contributed by atoms with Gasteiger partial charge in [-0.25, -0.2) is 9.26 Å². The number of carbonyl (C=O) groups is 2. The number of anilines is 1. The van der Waals surface area contributed by atoms with E-state index in [0.717, 1.165) is 60.6 Å². The Hall–Kier alpha value is -8.45. The van der Waals surface area contributed by atoms with Crippen LogP contribution in [0.5, 0.6) is 0 Å². The molecule has 7 aromatic carbocycles. The van der Waals surface area contributed by atoms with Crippen molar-refractivity contribution in [3.05, 3.63) is 226 Å². The van der Waals surface area contributed by atoms with E-state index in [9.17, 15) is 29.7 Å². The van der Waals surface area contributed by atoms with E-state index in [2.05, 4.69) is 175 Å². The second kappa shape index (κ2) is 27.5. The largest absolute Gasteiger partial charge is 0.488 e. The van der Waals surface area contributed by atoms with Crippen molar-refractivity contribution in [3.8, 4) is 16.9 Å². The Kier molecular flexibility index (Phi) is 19.7. The molecule has 18 heteroatoms. The van der Waals surface area contributed by atoms with Gasteiger partial charge in [0.2, 0.25) is 17.5 Å². The molecule has 0 unspecified atom stereocenters. The number of nitrogens with one attached hydrogen (secondary N) is 2. The first kappa shape index (κ1) is 63.6. The van der Waals surface area contributed by atoms with Crippen LogP contribution in [0.3, 0.4) is 0 Å². The van der Waals surface area contributed by atoms with Gasteiger partial charge in [-0.3, -0.25) is 19.4 Å². The van der Waals surface area contributed by atoms with Crippen molar-refractivity contribution in [2.45, 2.75) is 57.8 Å². The maximum absolute atomic E-state index is 12.7. The maximum atomic E-state index is 12.7. The molecule has 0 bridgehead atoms. The maximum Gasteiger partial charge on any atom is 0.488 e. The average molecular weight is 1210 g/mol. The van der Waals surface area contributed by atoms with E-state index >= 15 is 0 Å². The van der Waals surface area contributed by atoms with Crippen LogP contribution in [0.1, 0.15) is 60.1 Å². The molecule has 0 saturated carbocycles. The molecule has 0 atom stereocenters. The molecule has 0 saturated heterocycles. The Bertz CT molecular complexity index is 4160. The van der Waals surface area contributed by atoms with E-state index in [4.69, 9.17) is 10.3 Å². The first-order chi connectivity index (χ1) is 42.7. The predicted molar refractivity (Wildman–Crippen MR) is 366 cm³/mol. The summed E-state index contributed by atoms with van der Waals surface area (Å²) in [4.78, 5) is 34.8. The van der Waals surface area contributed by atoms with Crippen LogP contribution in [0.4, 0.5) is 5.69 Å². The molecule has 1 aliphatic heterocycles. The molecular formula is C71H80B2N9O6S+. The summed E-state index contributed by atoms with van der Waals surface area (Å²) >= 11 is 0. The molecule has 89 heavy (non-hydrogen) atoms. The van der Waals surface area contributed by atoms with Crippen molar-refractivity contribution in [1.82, 2.24) is 35.4 Å². The summed E-state index contributed by atoms with van der Waals surface area (Å²) in [5.74, 6) is -0.415.